The van der Waals surface area contributed by atoms with Crippen LogP contribution in [0.3, 0.4) is 0 Å². The molecule has 1 aliphatic heterocycles. The molecule has 74 valence electrons. The molecule has 0 unspecified atom stereocenters. The van der Waals surface area contributed by atoms with E-state index in [1.165, 1.54) is 4.90 Å². The molecule has 6 nitrogen and oxygen atoms in total. The van der Waals surface area contributed by atoms with Gasteiger partial charge in [-0.2, -0.15) is 4.98 Å². The number of hydrogen-bond acceptors (Lipinski definition) is 4. The van der Waals surface area contributed by atoms with Crippen LogP contribution in [0.1, 0.15) is 5.56 Å². The Bertz CT molecular complexity index is 378. The highest BCUT2D eigenvalue weighted by atomic mass is 16.2. The molecule has 1 aromatic rings. The summed E-state index contributed by atoms with van der Waals surface area (Å²) in [6.45, 7) is 0.489. The van der Waals surface area contributed by atoms with E-state index in [-0.39, 0.29) is 6.03 Å². The molecule has 0 spiro atoms. The summed E-state index contributed by atoms with van der Waals surface area (Å²) < 4.78 is 0. The van der Waals surface area contributed by atoms with Gasteiger partial charge in [0.15, 0.2) is 0 Å². The first-order valence-electron chi connectivity index (χ1n) is 4.27. The van der Waals surface area contributed by atoms with Crippen molar-refractivity contribution in [3.63, 3.8) is 0 Å². The fourth-order valence-electron chi connectivity index (χ4n) is 1.32. The highest BCUT2D eigenvalue weighted by molar-refractivity contribution is 5.93. The lowest BCUT2D eigenvalue weighted by molar-refractivity contribution is 0.245. The highest BCUT2D eigenvalue weighted by Crippen LogP contribution is 2.20. The van der Waals surface area contributed by atoms with Crippen LogP contribution in [0.4, 0.5) is 16.6 Å². The van der Waals surface area contributed by atoms with Crippen LogP contribution in [0, 0.1) is 0 Å². The fraction of sp³-hybridized carbons (Fsp3) is 0.375. The number of nitrogens with one attached hydrogen (secondary N) is 2. The molecule has 0 radical (unpaired) electrons. The number of rotatable bonds is 1. The summed E-state index contributed by atoms with van der Waals surface area (Å²) in [5, 5.41) is 5.54. The average molecular weight is 193 g/mol. The fourth-order valence-corrected chi connectivity index (χ4v) is 1.32. The lowest BCUT2D eigenvalue weighted by Crippen LogP contribution is -2.42. The van der Waals surface area contributed by atoms with Gasteiger partial charge in [-0.15, -0.1) is 0 Å². The number of hydrogen-bond donors (Lipinski definition) is 2. The number of carbonyl (C=O) groups excluding carboxylic acids is 1. The molecule has 0 aliphatic carbocycles. The van der Waals surface area contributed by atoms with E-state index in [9.17, 15) is 4.79 Å². The van der Waals surface area contributed by atoms with Crippen molar-refractivity contribution in [3.05, 3.63) is 11.8 Å². The van der Waals surface area contributed by atoms with Crippen LogP contribution in [-0.4, -0.2) is 30.1 Å². The van der Waals surface area contributed by atoms with Gasteiger partial charge in [0.2, 0.25) is 5.95 Å². The van der Waals surface area contributed by atoms with E-state index in [2.05, 4.69) is 20.6 Å². The predicted molar refractivity (Wildman–Crippen MR) is 52.2 cm³/mol. The van der Waals surface area contributed by atoms with Gasteiger partial charge in [-0.05, 0) is 0 Å². The first kappa shape index (κ1) is 8.74. The van der Waals surface area contributed by atoms with Crippen LogP contribution < -0.4 is 15.5 Å². The number of amides is 2. The van der Waals surface area contributed by atoms with Gasteiger partial charge in [0.1, 0.15) is 5.82 Å². The van der Waals surface area contributed by atoms with Crippen LogP contribution >= 0.6 is 0 Å². The Morgan fingerprint density at radius 3 is 3.14 bits per heavy atom. The van der Waals surface area contributed by atoms with Crippen LogP contribution in [0.2, 0.25) is 0 Å². The van der Waals surface area contributed by atoms with E-state index in [0.29, 0.717) is 18.3 Å². The number of carbonyl (C=O) groups is 1. The second-order valence-corrected chi connectivity index (χ2v) is 3.01. The number of nitrogens with zero attached hydrogens (tertiary/aromatic N) is 3. The second kappa shape index (κ2) is 3.13. The van der Waals surface area contributed by atoms with Gasteiger partial charge in [-0.1, -0.05) is 0 Å². The molecule has 0 fully saturated rings. The number of anilines is 2. The number of fused-ring (bicyclic) bond motifs is 1. The van der Waals surface area contributed by atoms with Gasteiger partial charge < -0.3 is 10.6 Å². The van der Waals surface area contributed by atoms with E-state index in [4.69, 9.17) is 0 Å². The van der Waals surface area contributed by atoms with Crippen molar-refractivity contribution < 1.29 is 4.79 Å². The SMILES string of the molecule is CNc1ncc2c(n1)N(C)C(=O)NC2. The predicted octanol–water partition coefficient (Wildman–Crippen LogP) is 0.178. The zero-order chi connectivity index (χ0) is 10.1. The Balaban J connectivity index is 2.46. The maximum atomic E-state index is 11.3. The molecule has 2 amide bonds. The zero-order valence-corrected chi connectivity index (χ0v) is 8.03. The monoisotopic (exact) mass is 193 g/mol. The van der Waals surface area contributed by atoms with E-state index in [1.54, 1.807) is 20.3 Å². The van der Waals surface area contributed by atoms with Gasteiger partial charge in [0, 0.05) is 32.4 Å². The summed E-state index contributed by atoms with van der Waals surface area (Å²) in [5.41, 5.74) is 0.922. The molecule has 0 saturated carbocycles. The molecule has 0 aromatic carbocycles. The minimum Gasteiger partial charge on any atom is -0.357 e. The van der Waals surface area contributed by atoms with Gasteiger partial charge in [0.05, 0.1) is 0 Å². The number of aromatic nitrogens is 2. The first-order valence-corrected chi connectivity index (χ1v) is 4.27. The average Bonchev–Trinajstić information content (AvgIpc) is 2.23. The van der Waals surface area contributed by atoms with Crippen molar-refractivity contribution in [1.29, 1.82) is 0 Å². The van der Waals surface area contributed by atoms with Crippen molar-refractivity contribution in [3.8, 4) is 0 Å². The molecule has 0 saturated heterocycles. The zero-order valence-electron chi connectivity index (χ0n) is 8.03. The lowest BCUT2D eigenvalue weighted by Gasteiger charge is -2.25. The maximum absolute atomic E-state index is 11.3. The molecule has 1 aromatic heterocycles. The topological polar surface area (TPSA) is 70.2 Å². The molecule has 2 rings (SSSR count). The standard InChI is InChI=1S/C8H11N5O/c1-9-7-10-3-5-4-11-8(14)13(2)6(5)12-7/h3H,4H2,1-2H3,(H,11,14)(H,9,10,12). The van der Waals surface area contributed by atoms with E-state index in [1.807, 2.05) is 0 Å². The largest absolute Gasteiger partial charge is 0.357 e. The Morgan fingerprint density at radius 2 is 2.43 bits per heavy atom. The summed E-state index contributed by atoms with van der Waals surface area (Å²) in [7, 11) is 3.42. The Kier molecular flexibility index (Phi) is 1.95. The quantitative estimate of drug-likeness (QED) is 0.667. The summed E-state index contributed by atoms with van der Waals surface area (Å²) in [6, 6.07) is -0.141. The molecular formula is C8H11N5O. The molecule has 0 atom stereocenters. The van der Waals surface area contributed by atoms with Crippen LogP contribution in [-0.2, 0) is 6.54 Å². The number of urea groups is 1. The molecular weight excluding hydrogens is 182 g/mol. The summed E-state index contributed by atoms with van der Waals surface area (Å²) in [5.74, 6) is 1.18. The third-order valence-electron chi connectivity index (χ3n) is 2.12. The summed E-state index contributed by atoms with van der Waals surface area (Å²) in [6.07, 6.45) is 1.71. The summed E-state index contributed by atoms with van der Waals surface area (Å²) in [4.78, 5) is 21.0. The maximum Gasteiger partial charge on any atom is 0.323 e. The van der Waals surface area contributed by atoms with Crippen molar-refractivity contribution in [1.82, 2.24) is 15.3 Å². The van der Waals surface area contributed by atoms with E-state index >= 15 is 0 Å². The summed E-state index contributed by atoms with van der Waals surface area (Å²) >= 11 is 0. The van der Waals surface area contributed by atoms with Crippen molar-refractivity contribution >= 4 is 17.8 Å². The van der Waals surface area contributed by atoms with Crippen LogP contribution in [0.5, 0.6) is 0 Å². The third-order valence-corrected chi connectivity index (χ3v) is 2.12. The van der Waals surface area contributed by atoms with E-state index in [0.717, 1.165) is 5.56 Å². The Hall–Kier alpha value is -1.85. The minimum atomic E-state index is -0.141. The van der Waals surface area contributed by atoms with Crippen LogP contribution in [0.25, 0.3) is 0 Å². The third kappa shape index (κ3) is 1.24. The Labute approximate surface area is 81.3 Å². The van der Waals surface area contributed by atoms with Crippen molar-refractivity contribution in [2.45, 2.75) is 6.54 Å². The van der Waals surface area contributed by atoms with Crippen molar-refractivity contribution in [2.75, 3.05) is 24.3 Å². The Morgan fingerprint density at radius 1 is 1.64 bits per heavy atom. The molecule has 14 heavy (non-hydrogen) atoms. The van der Waals surface area contributed by atoms with Crippen molar-refractivity contribution in [2.24, 2.45) is 0 Å². The van der Waals surface area contributed by atoms with Gasteiger partial charge in [0.25, 0.3) is 0 Å². The molecule has 1 aliphatic rings. The van der Waals surface area contributed by atoms with Crippen LogP contribution in [0.15, 0.2) is 6.20 Å². The normalized spacial score (nSPS) is 14.7. The van der Waals surface area contributed by atoms with E-state index < -0.39 is 0 Å². The highest BCUT2D eigenvalue weighted by Gasteiger charge is 2.22. The molecule has 0 bridgehead atoms. The molecule has 2 N–H and O–H groups in total. The van der Waals surface area contributed by atoms with Gasteiger partial charge in [-0.25, -0.2) is 9.78 Å². The molecule has 2 heterocycles. The van der Waals surface area contributed by atoms with Gasteiger partial charge in [-0.3, -0.25) is 4.90 Å². The second-order valence-electron chi connectivity index (χ2n) is 3.01. The lowest BCUT2D eigenvalue weighted by atomic mass is 10.2. The first-order chi connectivity index (χ1) is 6.72. The minimum absolute atomic E-state index is 0.141. The smallest absolute Gasteiger partial charge is 0.323 e. The van der Waals surface area contributed by atoms with Gasteiger partial charge >= 0.3 is 6.03 Å². The molecule has 6 heteroatoms.